The number of anilines is 1. The molecule has 0 fully saturated rings. The molecular weight excluding hydrogens is 276 g/mol. The average molecular weight is 288 g/mol. The van der Waals surface area contributed by atoms with Gasteiger partial charge in [-0.1, -0.05) is 0 Å². The fraction of sp³-hybridized carbons (Fsp3) is 0.250. The van der Waals surface area contributed by atoms with Crippen LogP contribution in [0.15, 0.2) is 23.7 Å². The van der Waals surface area contributed by atoms with Crippen molar-refractivity contribution in [2.45, 2.75) is 19.9 Å². The Morgan fingerprint density at radius 1 is 1.45 bits per heavy atom. The monoisotopic (exact) mass is 288 g/mol. The Labute approximate surface area is 118 Å². The minimum absolute atomic E-state index is 0.0746. The summed E-state index contributed by atoms with van der Waals surface area (Å²) in [5.41, 5.74) is 3.43. The van der Waals surface area contributed by atoms with Crippen LogP contribution in [0, 0.1) is 6.92 Å². The Morgan fingerprint density at radius 2 is 2.35 bits per heavy atom. The summed E-state index contributed by atoms with van der Waals surface area (Å²) < 4.78 is 2.70. The molecule has 1 N–H and O–H groups in total. The first-order valence-electron chi connectivity index (χ1n) is 6.08. The van der Waals surface area contributed by atoms with Crippen molar-refractivity contribution in [2.24, 2.45) is 0 Å². The van der Waals surface area contributed by atoms with E-state index < -0.39 is 0 Å². The van der Waals surface area contributed by atoms with Crippen LogP contribution in [0.1, 0.15) is 12.2 Å². The fourth-order valence-corrected chi connectivity index (χ4v) is 2.48. The van der Waals surface area contributed by atoms with Gasteiger partial charge in [0.2, 0.25) is 5.91 Å². The van der Waals surface area contributed by atoms with Gasteiger partial charge >= 0.3 is 0 Å². The number of amides is 1. The summed E-state index contributed by atoms with van der Waals surface area (Å²) in [7, 11) is 0. The van der Waals surface area contributed by atoms with Crippen LogP contribution in [0.4, 0.5) is 5.69 Å². The summed E-state index contributed by atoms with van der Waals surface area (Å²) >= 11 is 1.58. The van der Waals surface area contributed by atoms with Gasteiger partial charge in [0.25, 0.3) is 0 Å². The van der Waals surface area contributed by atoms with Gasteiger partial charge < -0.3 is 5.32 Å². The first-order chi connectivity index (χ1) is 9.72. The second kappa shape index (κ2) is 5.33. The lowest BCUT2D eigenvalue weighted by molar-refractivity contribution is -0.116. The Hall–Kier alpha value is -2.35. The van der Waals surface area contributed by atoms with E-state index in [0.29, 0.717) is 18.8 Å². The number of aromatic nitrogens is 5. The Balaban J connectivity index is 1.62. The van der Waals surface area contributed by atoms with Gasteiger partial charge in [0, 0.05) is 12.1 Å². The molecule has 0 aliphatic heterocycles. The minimum atomic E-state index is -0.0746. The molecule has 8 heteroatoms. The van der Waals surface area contributed by atoms with Crippen LogP contribution in [0.25, 0.3) is 10.2 Å². The molecular formula is C12H12N6OS. The zero-order valence-electron chi connectivity index (χ0n) is 10.8. The summed E-state index contributed by atoms with van der Waals surface area (Å²) in [5.74, 6) is 0.621. The van der Waals surface area contributed by atoms with Crippen molar-refractivity contribution in [3.8, 4) is 0 Å². The third-order valence-electron chi connectivity index (χ3n) is 2.88. The van der Waals surface area contributed by atoms with E-state index in [4.69, 9.17) is 0 Å². The van der Waals surface area contributed by atoms with Gasteiger partial charge in [0.15, 0.2) is 0 Å². The third-order valence-corrected chi connectivity index (χ3v) is 3.69. The van der Waals surface area contributed by atoms with Gasteiger partial charge in [-0.05, 0) is 35.5 Å². The number of rotatable bonds is 4. The summed E-state index contributed by atoms with van der Waals surface area (Å²) in [6.45, 7) is 2.26. The predicted octanol–water partition coefficient (Wildman–Crippen LogP) is 1.62. The van der Waals surface area contributed by atoms with Crippen molar-refractivity contribution in [2.75, 3.05) is 5.32 Å². The molecule has 3 aromatic rings. The fourth-order valence-electron chi connectivity index (χ4n) is 1.82. The molecule has 1 aromatic carbocycles. The van der Waals surface area contributed by atoms with Gasteiger partial charge in [0.05, 0.1) is 22.3 Å². The second-order valence-corrected chi connectivity index (χ2v) is 5.17. The van der Waals surface area contributed by atoms with E-state index in [1.54, 1.807) is 28.5 Å². The van der Waals surface area contributed by atoms with Crippen LogP contribution >= 0.6 is 11.3 Å². The quantitative estimate of drug-likeness (QED) is 0.788. The lowest BCUT2D eigenvalue weighted by Crippen LogP contribution is -2.15. The van der Waals surface area contributed by atoms with E-state index in [1.165, 1.54) is 0 Å². The van der Waals surface area contributed by atoms with E-state index in [-0.39, 0.29) is 5.91 Å². The smallest absolute Gasteiger partial charge is 0.226 e. The second-order valence-electron chi connectivity index (χ2n) is 4.28. The van der Waals surface area contributed by atoms with Gasteiger partial charge in [-0.3, -0.25) is 4.79 Å². The molecule has 102 valence electrons. The molecule has 0 aliphatic rings. The number of carbonyl (C=O) groups excluding carboxylic acids is 1. The molecule has 0 saturated heterocycles. The van der Waals surface area contributed by atoms with Gasteiger partial charge in [0.1, 0.15) is 5.82 Å². The SMILES string of the molecule is Cc1nnnn1CCC(=O)Nc1ccc2scnc2c1. The normalized spacial score (nSPS) is 10.8. The van der Waals surface area contributed by atoms with Crippen LogP contribution in [0.3, 0.4) is 0 Å². The zero-order chi connectivity index (χ0) is 13.9. The van der Waals surface area contributed by atoms with E-state index in [9.17, 15) is 4.79 Å². The summed E-state index contributed by atoms with van der Waals surface area (Å²) in [5, 5.41) is 14.0. The maximum absolute atomic E-state index is 11.9. The number of tetrazole rings is 1. The molecule has 0 atom stereocenters. The predicted molar refractivity (Wildman–Crippen MR) is 75.4 cm³/mol. The molecule has 0 unspecified atom stereocenters. The molecule has 0 radical (unpaired) electrons. The highest BCUT2D eigenvalue weighted by Crippen LogP contribution is 2.21. The van der Waals surface area contributed by atoms with Crippen LogP contribution < -0.4 is 5.32 Å². The topological polar surface area (TPSA) is 85.6 Å². The van der Waals surface area contributed by atoms with Crippen molar-refractivity contribution in [1.82, 2.24) is 25.2 Å². The number of aryl methyl sites for hydroxylation is 2. The number of hydrogen-bond donors (Lipinski definition) is 1. The minimum Gasteiger partial charge on any atom is -0.326 e. The van der Waals surface area contributed by atoms with Crippen molar-refractivity contribution >= 4 is 33.1 Å². The molecule has 0 saturated carbocycles. The molecule has 1 amide bonds. The van der Waals surface area contributed by atoms with Crippen LogP contribution in [-0.2, 0) is 11.3 Å². The average Bonchev–Trinajstić information content (AvgIpc) is 3.04. The summed E-state index contributed by atoms with van der Waals surface area (Å²) in [6, 6.07) is 5.70. The Kier molecular flexibility index (Phi) is 3.38. The van der Waals surface area contributed by atoms with Crippen molar-refractivity contribution in [3.63, 3.8) is 0 Å². The van der Waals surface area contributed by atoms with Crippen molar-refractivity contribution in [1.29, 1.82) is 0 Å². The molecule has 0 spiro atoms. The highest BCUT2D eigenvalue weighted by molar-refractivity contribution is 7.16. The summed E-state index contributed by atoms with van der Waals surface area (Å²) in [4.78, 5) is 16.1. The van der Waals surface area contributed by atoms with Crippen LogP contribution in [0.2, 0.25) is 0 Å². The van der Waals surface area contributed by atoms with Crippen molar-refractivity contribution in [3.05, 3.63) is 29.5 Å². The maximum atomic E-state index is 11.9. The molecule has 0 aliphatic carbocycles. The zero-order valence-corrected chi connectivity index (χ0v) is 11.6. The van der Waals surface area contributed by atoms with Gasteiger partial charge in [-0.25, -0.2) is 9.67 Å². The molecule has 2 heterocycles. The first kappa shape index (κ1) is 12.7. The number of nitrogens with zero attached hydrogens (tertiary/aromatic N) is 5. The Morgan fingerprint density at radius 3 is 3.15 bits per heavy atom. The molecule has 2 aromatic heterocycles. The van der Waals surface area contributed by atoms with Gasteiger partial charge in [-0.15, -0.1) is 16.4 Å². The molecule has 20 heavy (non-hydrogen) atoms. The van der Waals surface area contributed by atoms with Crippen LogP contribution in [-0.4, -0.2) is 31.1 Å². The van der Waals surface area contributed by atoms with Crippen LogP contribution in [0.5, 0.6) is 0 Å². The lowest BCUT2D eigenvalue weighted by atomic mass is 10.3. The number of nitrogens with one attached hydrogen (secondary N) is 1. The van der Waals surface area contributed by atoms with E-state index in [2.05, 4.69) is 25.8 Å². The highest BCUT2D eigenvalue weighted by Gasteiger charge is 2.06. The number of benzene rings is 1. The van der Waals surface area contributed by atoms with E-state index in [0.717, 1.165) is 15.9 Å². The summed E-state index contributed by atoms with van der Waals surface area (Å²) in [6.07, 6.45) is 0.320. The third kappa shape index (κ3) is 2.64. The first-order valence-corrected chi connectivity index (χ1v) is 6.96. The number of thiazole rings is 1. The van der Waals surface area contributed by atoms with E-state index >= 15 is 0 Å². The number of fused-ring (bicyclic) bond motifs is 1. The van der Waals surface area contributed by atoms with E-state index in [1.807, 2.05) is 18.2 Å². The number of carbonyl (C=O) groups is 1. The molecule has 7 nitrogen and oxygen atoms in total. The van der Waals surface area contributed by atoms with Crippen molar-refractivity contribution < 1.29 is 4.79 Å². The molecule has 3 rings (SSSR count). The lowest BCUT2D eigenvalue weighted by Gasteiger charge is -2.05. The maximum Gasteiger partial charge on any atom is 0.226 e. The standard InChI is InChI=1S/C12H12N6OS/c1-8-15-16-17-18(8)5-4-12(19)14-9-2-3-11-10(6-9)13-7-20-11/h2-3,6-7H,4-5H2,1H3,(H,14,19). The largest absolute Gasteiger partial charge is 0.326 e. The number of hydrogen-bond acceptors (Lipinski definition) is 6. The Bertz CT molecular complexity index is 749. The highest BCUT2D eigenvalue weighted by atomic mass is 32.1. The molecule has 0 bridgehead atoms. The van der Waals surface area contributed by atoms with Gasteiger partial charge in [-0.2, -0.15) is 0 Å².